The summed E-state index contributed by atoms with van der Waals surface area (Å²) in [5, 5.41) is 9.50. The number of amides is 1. The molecule has 1 aromatic carbocycles. The summed E-state index contributed by atoms with van der Waals surface area (Å²) in [6.07, 6.45) is 2.15. The van der Waals surface area contributed by atoms with E-state index in [-0.39, 0.29) is 11.5 Å². The van der Waals surface area contributed by atoms with Crippen LogP contribution in [-0.4, -0.2) is 16.1 Å². The van der Waals surface area contributed by atoms with Gasteiger partial charge in [-0.1, -0.05) is 0 Å². The summed E-state index contributed by atoms with van der Waals surface area (Å²) in [6, 6.07) is 4.15. The molecule has 4 N–H and O–H groups in total. The van der Waals surface area contributed by atoms with Gasteiger partial charge in [0, 0.05) is 9.49 Å². The van der Waals surface area contributed by atoms with Gasteiger partial charge < -0.3 is 11.1 Å². The number of nitrogens with zero attached hydrogens (tertiary/aromatic N) is 1. The molecular formula is C13H12FIN4O. The maximum absolute atomic E-state index is 13.0. The summed E-state index contributed by atoms with van der Waals surface area (Å²) >= 11 is 1.96. The van der Waals surface area contributed by atoms with E-state index in [0.717, 1.165) is 18.5 Å². The number of hydrogen-bond acceptors (Lipinski definition) is 3. The van der Waals surface area contributed by atoms with Gasteiger partial charge in [0.1, 0.15) is 5.82 Å². The third-order valence-electron chi connectivity index (χ3n) is 3.21. The van der Waals surface area contributed by atoms with Crippen LogP contribution in [0.25, 0.3) is 0 Å². The topological polar surface area (TPSA) is 83.8 Å². The van der Waals surface area contributed by atoms with Crippen molar-refractivity contribution in [1.29, 1.82) is 0 Å². The minimum Gasteiger partial charge on any atom is -0.395 e. The molecule has 1 heterocycles. The SMILES string of the molecule is Nc1c(C(=O)Nc2ccc(F)cc2I)n[nH]c1C1CC1. The van der Waals surface area contributed by atoms with E-state index in [1.165, 1.54) is 18.2 Å². The quantitative estimate of drug-likeness (QED) is 0.710. The highest BCUT2D eigenvalue weighted by Gasteiger charge is 2.30. The highest BCUT2D eigenvalue weighted by atomic mass is 127. The Hall–Kier alpha value is -1.64. The van der Waals surface area contributed by atoms with Crippen molar-refractivity contribution in [3.05, 3.63) is 39.0 Å². The number of anilines is 2. The average Bonchev–Trinajstić information content (AvgIpc) is 3.16. The lowest BCUT2D eigenvalue weighted by Crippen LogP contribution is -2.15. The van der Waals surface area contributed by atoms with Crippen LogP contribution in [0.3, 0.4) is 0 Å². The summed E-state index contributed by atoms with van der Waals surface area (Å²) in [5.74, 6) is -0.340. The largest absolute Gasteiger partial charge is 0.395 e. The van der Waals surface area contributed by atoms with Gasteiger partial charge in [-0.15, -0.1) is 0 Å². The second kappa shape index (κ2) is 5.04. The lowest BCUT2D eigenvalue weighted by Gasteiger charge is -2.06. The van der Waals surface area contributed by atoms with Crippen LogP contribution in [-0.2, 0) is 0 Å². The molecule has 1 fully saturated rings. The number of aromatic nitrogens is 2. The third kappa shape index (κ3) is 2.49. The summed E-state index contributed by atoms with van der Waals surface area (Å²) in [5.41, 5.74) is 7.91. The van der Waals surface area contributed by atoms with E-state index in [2.05, 4.69) is 15.5 Å². The normalized spacial score (nSPS) is 14.3. The fourth-order valence-electron chi connectivity index (χ4n) is 1.99. The fraction of sp³-hybridized carbons (Fsp3) is 0.231. The van der Waals surface area contributed by atoms with Crippen LogP contribution < -0.4 is 11.1 Å². The monoisotopic (exact) mass is 386 g/mol. The molecule has 0 atom stereocenters. The summed E-state index contributed by atoms with van der Waals surface area (Å²) in [4.78, 5) is 12.2. The lowest BCUT2D eigenvalue weighted by molar-refractivity contribution is 0.102. The van der Waals surface area contributed by atoms with E-state index in [0.29, 0.717) is 20.9 Å². The Morgan fingerprint density at radius 3 is 2.90 bits per heavy atom. The molecule has 1 aliphatic rings. The minimum atomic E-state index is -0.393. The molecule has 2 aromatic rings. The van der Waals surface area contributed by atoms with Crippen LogP contribution in [0.4, 0.5) is 15.8 Å². The van der Waals surface area contributed by atoms with Crippen molar-refractivity contribution in [2.45, 2.75) is 18.8 Å². The number of nitrogen functional groups attached to an aromatic ring is 1. The first-order valence-corrected chi connectivity index (χ1v) is 7.24. The zero-order valence-corrected chi connectivity index (χ0v) is 12.6. The molecule has 5 nitrogen and oxygen atoms in total. The van der Waals surface area contributed by atoms with Crippen LogP contribution in [0.5, 0.6) is 0 Å². The Morgan fingerprint density at radius 1 is 1.50 bits per heavy atom. The van der Waals surface area contributed by atoms with Crippen molar-refractivity contribution in [1.82, 2.24) is 10.2 Å². The van der Waals surface area contributed by atoms with Crippen molar-refractivity contribution in [3.8, 4) is 0 Å². The second-order valence-corrected chi connectivity index (χ2v) is 5.91. The number of nitrogens with one attached hydrogen (secondary N) is 2. The molecule has 20 heavy (non-hydrogen) atoms. The van der Waals surface area contributed by atoms with Gasteiger partial charge in [-0.3, -0.25) is 9.89 Å². The number of carbonyl (C=O) groups is 1. The molecule has 1 aliphatic carbocycles. The predicted octanol–water partition coefficient (Wildman–Crippen LogP) is 2.87. The number of nitrogens with two attached hydrogens (primary N) is 1. The number of rotatable bonds is 3. The minimum absolute atomic E-state index is 0.187. The van der Waals surface area contributed by atoms with E-state index >= 15 is 0 Å². The van der Waals surface area contributed by atoms with Crippen molar-refractivity contribution < 1.29 is 9.18 Å². The molecule has 0 bridgehead atoms. The molecule has 7 heteroatoms. The van der Waals surface area contributed by atoms with Crippen LogP contribution in [0.2, 0.25) is 0 Å². The molecule has 1 saturated carbocycles. The van der Waals surface area contributed by atoms with E-state index in [4.69, 9.17) is 5.73 Å². The van der Waals surface area contributed by atoms with Gasteiger partial charge in [-0.25, -0.2) is 4.39 Å². The molecule has 0 radical (unpaired) electrons. The molecular weight excluding hydrogens is 374 g/mol. The molecule has 1 aromatic heterocycles. The van der Waals surface area contributed by atoms with E-state index < -0.39 is 5.91 Å². The van der Waals surface area contributed by atoms with Crippen molar-refractivity contribution in [3.63, 3.8) is 0 Å². The van der Waals surface area contributed by atoms with E-state index in [1.807, 2.05) is 22.6 Å². The zero-order chi connectivity index (χ0) is 14.3. The molecule has 1 amide bonds. The average molecular weight is 386 g/mol. The van der Waals surface area contributed by atoms with Crippen molar-refractivity contribution in [2.75, 3.05) is 11.1 Å². The standard InChI is InChI=1S/C13H12FIN4O/c14-7-3-4-9(8(15)5-7)17-13(20)12-10(16)11(18-19-12)6-1-2-6/h3-6H,1-2,16H2,(H,17,20)(H,18,19). The van der Waals surface area contributed by atoms with Crippen molar-refractivity contribution in [2.24, 2.45) is 0 Å². The Morgan fingerprint density at radius 2 is 2.25 bits per heavy atom. The Balaban J connectivity index is 1.82. The third-order valence-corrected chi connectivity index (χ3v) is 4.11. The van der Waals surface area contributed by atoms with Gasteiger partial charge >= 0.3 is 0 Å². The number of H-pyrrole nitrogens is 1. The number of carbonyl (C=O) groups excluding carboxylic acids is 1. The first-order chi connectivity index (χ1) is 9.56. The van der Waals surface area contributed by atoms with Crippen LogP contribution in [0, 0.1) is 9.39 Å². The Kier molecular flexibility index (Phi) is 3.36. The van der Waals surface area contributed by atoms with Gasteiger partial charge in [-0.05, 0) is 53.6 Å². The smallest absolute Gasteiger partial charge is 0.278 e. The second-order valence-electron chi connectivity index (χ2n) is 4.75. The molecule has 0 saturated heterocycles. The van der Waals surface area contributed by atoms with Gasteiger partial charge in [0.2, 0.25) is 0 Å². The van der Waals surface area contributed by atoms with Crippen molar-refractivity contribution >= 4 is 39.9 Å². The highest BCUT2D eigenvalue weighted by molar-refractivity contribution is 14.1. The molecule has 0 unspecified atom stereocenters. The first kappa shape index (κ1) is 13.3. The number of hydrogen-bond donors (Lipinski definition) is 3. The molecule has 0 spiro atoms. The number of halogens is 2. The van der Waals surface area contributed by atoms with Gasteiger partial charge in [-0.2, -0.15) is 5.10 Å². The highest BCUT2D eigenvalue weighted by Crippen LogP contribution is 2.42. The van der Waals surface area contributed by atoms with Gasteiger partial charge in [0.05, 0.1) is 17.1 Å². The first-order valence-electron chi connectivity index (χ1n) is 6.16. The zero-order valence-electron chi connectivity index (χ0n) is 10.4. The summed E-state index contributed by atoms with van der Waals surface area (Å²) in [6.45, 7) is 0. The van der Waals surface area contributed by atoms with Crippen LogP contribution in [0.1, 0.15) is 34.9 Å². The molecule has 3 rings (SSSR count). The fourth-order valence-corrected chi connectivity index (χ4v) is 2.60. The maximum atomic E-state index is 13.0. The summed E-state index contributed by atoms with van der Waals surface area (Å²) < 4.78 is 13.6. The van der Waals surface area contributed by atoms with Crippen LogP contribution in [0.15, 0.2) is 18.2 Å². The summed E-state index contributed by atoms with van der Waals surface area (Å²) in [7, 11) is 0. The molecule has 0 aliphatic heterocycles. The van der Waals surface area contributed by atoms with Gasteiger partial charge in [0.25, 0.3) is 5.91 Å². The van der Waals surface area contributed by atoms with Gasteiger partial charge in [0.15, 0.2) is 5.69 Å². The van der Waals surface area contributed by atoms with E-state index in [9.17, 15) is 9.18 Å². The van der Waals surface area contributed by atoms with Crippen LogP contribution >= 0.6 is 22.6 Å². The number of aromatic amines is 1. The Bertz CT molecular complexity index is 681. The predicted molar refractivity (Wildman–Crippen MR) is 82.0 cm³/mol. The molecule has 104 valence electrons. The Labute approximate surface area is 128 Å². The maximum Gasteiger partial charge on any atom is 0.278 e. The number of benzene rings is 1. The van der Waals surface area contributed by atoms with E-state index in [1.54, 1.807) is 0 Å². The lowest BCUT2D eigenvalue weighted by atomic mass is 10.2.